The zero-order chi connectivity index (χ0) is 15.5. The van der Waals surface area contributed by atoms with E-state index in [0.29, 0.717) is 5.95 Å². The van der Waals surface area contributed by atoms with E-state index in [0.717, 1.165) is 49.0 Å². The number of nitrogens with zero attached hydrogens (tertiary/aromatic N) is 4. The van der Waals surface area contributed by atoms with Gasteiger partial charge >= 0.3 is 0 Å². The highest BCUT2D eigenvalue weighted by molar-refractivity contribution is 6.30. The summed E-state index contributed by atoms with van der Waals surface area (Å²) in [5, 5.41) is 0.747. The van der Waals surface area contributed by atoms with E-state index in [9.17, 15) is 0 Å². The van der Waals surface area contributed by atoms with Gasteiger partial charge in [0.25, 0.3) is 0 Å². The van der Waals surface area contributed by atoms with Crippen LogP contribution in [0, 0.1) is 0 Å². The summed E-state index contributed by atoms with van der Waals surface area (Å²) in [6.45, 7) is 3.98. The van der Waals surface area contributed by atoms with Crippen molar-refractivity contribution in [1.29, 1.82) is 0 Å². The maximum Gasteiger partial charge on any atom is 0.221 e. The van der Waals surface area contributed by atoms with Crippen molar-refractivity contribution in [2.24, 2.45) is 0 Å². The molecule has 1 aromatic carbocycles. The van der Waals surface area contributed by atoms with E-state index >= 15 is 0 Å². The summed E-state index contributed by atoms with van der Waals surface area (Å²) >= 11 is 5.95. The second-order valence-corrected chi connectivity index (χ2v) is 6.11. The molecular weight excluding hydrogens is 298 g/mol. The number of aromatic nitrogens is 2. The SMILES string of the molecule is CN1CCN(c2nc(N)ncc2Cc2ccc(Cl)cc2)CC1. The van der Waals surface area contributed by atoms with E-state index in [4.69, 9.17) is 17.3 Å². The first-order chi connectivity index (χ1) is 10.6. The van der Waals surface area contributed by atoms with Crippen LogP contribution in [0.1, 0.15) is 11.1 Å². The third-order valence-corrected chi connectivity index (χ3v) is 4.22. The van der Waals surface area contributed by atoms with Crippen molar-refractivity contribution in [2.45, 2.75) is 6.42 Å². The lowest BCUT2D eigenvalue weighted by atomic mass is 10.1. The normalized spacial score (nSPS) is 16.0. The Kier molecular flexibility index (Phi) is 4.45. The molecular formula is C16H20ClN5. The van der Waals surface area contributed by atoms with Gasteiger partial charge in [0.05, 0.1) is 0 Å². The van der Waals surface area contributed by atoms with Gasteiger partial charge in [-0.05, 0) is 24.7 Å². The van der Waals surface area contributed by atoms with E-state index in [-0.39, 0.29) is 0 Å². The molecule has 5 nitrogen and oxygen atoms in total. The van der Waals surface area contributed by atoms with E-state index in [1.807, 2.05) is 30.5 Å². The van der Waals surface area contributed by atoms with Crippen LogP contribution in [0.15, 0.2) is 30.5 Å². The molecule has 0 amide bonds. The van der Waals surface area contributed by atoms with Crippen LogP contribution in [0.25, 0.3) is 0 Å². The molecule has 0 unspecified atom stereocenters. The Hall–Kier alpha value is -1.85. The molecule has 0 aliphatic carbocycles. The van der Waals surface area contributed by atoms with Crippen molar-refractivity contribution < 1.29 is 0 Å². The third-order valence-electron chi connectivity index (χ3n) is 3.97. The van der Waals surface area contributed by atoms with E-state index in [2.05, 4.69) is 26.8 Å². The van der Waals surface area contributed by atoms with Crippen LogP contribution in [0.2, 0.25) is 5.02 Å². The molecule has 0 saturated carbocycles. The van der Waals surface area contributed by atoms with Crippen molar-refractivity contribution in [3.8, 4) is 0 Å². The Balaban J connectivity index is 1.85. The topological polar surface area (TPSA) is 58.3 Å². The number of rotatable bonds is 3. The smallest absolute Gasteiger partial charge is 0.221 e. The maximum atomic E-state index is 5.95. The largest absolute Gasteiger partial charge is 0.368 e. The molecule has 0 atom stereocenters. The summed E-state index contributed by atoms with van der Waals surface area (Å²) in [6, 6.07) is 7.88. The highest BCUT2D eigenvalue weighted by atomic mass is 35.5. The number of likely N-dealkylation sites (N-methyl/N-ethyl adjacent to an activating group) is 1. The molecule has 2 heterocycles. The monoisotopic (exact) mass is 317 g/mol. The summed E-state index contributed by atoms with van der Waals surface area (Å²) in [4.78, 5) is 13.3. The zero-order valence-corrected chi connectivity index (χ0v) is 13.4. The molecule has 116 valence electrons. The second kappa shape index (κ2) is 6.50. The van der Waals surface area contributed by atoms with Gasteiger partial charge in [-0.25, -0.2) is 4.98 Å². The number of nitrogens with two attached hydrogens (primary N) is 1. The van der Waals surface area contributed by atoms with Crippen molar-refractivity contribution in [1.82, 2.24) is 14.9 Å². The second-order valence-electron chi connectivity index (χ2n) is 5.67. The minimum atomic E-state index is 0.328. The van der Waals surface area contributed by atoms with Gasteiger partial charge in [0.1, 0.15) is 5.82 Å². The Morgan fingerprint density at radius 1 is 1.14 bits per heavy atom. The molecule has 2 aromatic rings. The molecule has 1 saturated heterocycles. The molecule has 2 N–H and O–H groups in total. The van der Waals surface area contributed by atoms with Gasteiger partial charge in [-0.1, -0.05) is 23.7 Å². The maximum absolute atomic E-state index is 5.95. The number of hydrogen-bond acceptors (Lipinski definition) is 5. The summed E-state index contributed by atoms with van der Waals surface area (Å²) in [6.07, 6.45) is 2.61. The van der Waals surface area contributed by atoms with Crippen LogP contribution >= 0.6 is 11.6 Å². The van der Waals surface area contributed by atoms with E-state index in [1.165, 1.54) is 5.56 Å². The molecule has 6 heteroatoms. The Bertz CT molecular complexity index is 635. The van der Waals surface area contributed by atoms with Crippen LogP contribution in [-0.2, 0) is 6.42 Å². The lowest BCUT2D eigenvalue weighted by Crippen LogP contribution is -2.45. The Labute approximate surface area is 135 Å². The summed E-state index contributed by atoms with van der Waals surface area (Å²) in [5.41, 5.74) is 8.08. The molecule has 1 fully saturated rings. The predicted molar refractivity (Wildman–Crippen MR) is 90.4 cm³/mol. The van der Waals surface area contributed by atoms with Gasteiger partial charge in [-0.3, -0.25) is 0 Å². The van der Waals surface area contributed by atoms with Gasteiger partial charge in [-0.2, -0.15) is 4.98 Å². The van der Waals surface area contributed by atoms with Crippen LogP contribution in [-0.4, -0.2) is 48.1 Å². The van der Waals surface area contributed by atoms with E-state index in [1.54, 1.807) is 0 Å². The molecule has 0 spiro atoms. The highest BCUT2D eigenvalue weighted by Gasteiger charge is 2.19. The van der Waals surface area contributed by atoms with Gasteiger partial charge < -0.3 is 15.5 Å². The molecule has 0 bridgehead atoms. The summed E-state index contributed by atoms with van der Waals surface area (Å²) in [5.74, 6) is 1.28. The quantitative estimate of drug-likeness (QED) is 0.939. The molecule has 1 aromatic heterocycles. The molecule has 1 aliphatic rings. The highest BCUT2D eigenvalue weighted by Crippen LogP contribution is 2.23. The fourth-order valence-electron chi connectivity index (χ4n) is 2.65. The van der Waals surface area contributed by atoms with Gasteiger partial charge in [-0.15, -0.1) is 0 Å². The van der Waals surface area contributed by atoms with Crippen LogP contribution < -0.4 is 10.6 Å². The Morgan fingerprint density at radius 2 is 1.82 bits per heavy atom. The third kappa shape index (κ3) is 3.48. The number of anilines is 2. The molecule has 0 radical (unpaired) electrons. The van der Waals surface area contributed by atoms with Crippen molar-refractivity contribution in [3.63, 3.8) is 0 Å². The molecule has 3 rings (SSSR count). The van der Waals surface area contributed by atoms with Crippen molar-refractivity contribution in [3.05, 3.63) is 46.6 Å². The number of benzene rings is 1. The first-order valence-electron chi connectivity index (χ1n) is 7.41. The number of piperazine rings is 1. The summed E-state index contributed by atoms with van der Waals surface area (Å²) in [7, 11) is 2.14. The van der Waals surface area contributed by atoms with Gasteiger partial charge in [0.15, 0.2) is 0 Å². The zero-order valence-electron chi connectivity index (χ0n) is 12.7. The average molecular weight is 318 g/mol. The van der Waals surface area contributed by atoms with Gasteiger partial charge in [0.2, 0.25) is 5.95 Å². The van der Waals surface area contributed by atoms with Gasteiger partial charge in [0, 0.05) is 49.4 Å². The number of hydrogen-bond donors (Lipinski definition) is 1. The first-order valence-corrected chi connectivity index (χ1v) is 7.79. The van der Waals surface area contributed by atoms with Crippen LogP contribution in [0.4, 0.5) is 11.8 Å². The minimum absolute atomic E-state index is 0.328. The lowest BCUT2D eigenvalue weighted by molar-refractivity contribution is 0.312. The lowest BCUT2D eigenvalue weighted by Gasteiger charge is -2.34. The number of nitrogen functional groups attached to an aromatic ring is 1. The van der Waals surface area contributed by atoms with E-state index < -0.39 is 0 Å². The predicted octanol–water partition coefficient (Wildman–Crippen LogP) is 2.05. The fourth-order valence-corrected chi connectivity index (χ4v) is 2.78. The minimum Gasteiger partial charge on any atom is -0.368 e. The fraction of sp³-hybridized carbons (Fsp3) is 0.375. The average Bonchev–Trinajstić information content (AvgIpc) is 2.52. The first kappa shape index (κ1) is 15.1. The van der Waals surface area contributed by atoms with Crippen LogP contribution in [0.3, 0.4) is 0 Å². The Morgan fingerprint density at radius 3 is 2.50 bits per heavy atom. The van der Waals surface area contributed by atoms with Crippen LogP contribution in [0.5, 0.6) is 0 Å². The standard InChI is InChI=1S/C16H20ClN5/c1-21-6-8-22(9-7-21)15-13(11-19-16(18)20-15)10-12-2-4-14(17)5-3-12/h2-5,11H,6-10H2,1H3,(H2,18,19,20). The van der Waals surface area contributed by atoms with Crippen molar-refractivity contribution >= 4 is 23.4 Å². The number of halogens is 1. The van der Waals surface area contributed by atoms with Crippen molar-refractivity contribution in [2.75, 3.05) is 43.9 Å². The molecule has 1 aliphatic heterocycles. The summed E-state index contributed by atoms with van der Waals surface area (Å²) < 4.78 is 0. The molecule has 22 heavy (non-hydrogen) atoms.